The molecule has 0 aliphatic carbocycles. The van der Waals surface area contributed by atoms with Gasteiger partial charge in [-0.3, -0.25) is 0 Å². The van der Waals surface area contributed by atoms with Crippen LogP contribution in [0.2, 0.25) is 0 Å². The quantitative estimate of drug-likeness (QED) is 0.803. The zero-order valence-corrected chi connectivity index (χ0v) is 12.8. The molecule has 1 unspecified atom stereocenters. The van der Waals surface area contributed by atoms with Crippen LogP contribution < -0.4 is 10.6 Å². The molecule has 1 aliphatic heterocycles. The van der Waals surface area contributed by atoms with Crippen LogP contribution in [0.1, 0.15) is 51.5 Å². The van der Waals surface area contributed by atoms with Gasteiger partial charge in [0.25, 0.3) is 0 Å². The summed E-state index contributed by atoms with van der Waals surface area (Å²) in [7, 11) is 0. The number of rotatable bonds is 7. The molecule has 2 rings (SSSR count). The molecule has 2 heterocycles. The molecule has 1 saturated heterocycles. The van der Waals surface area contributed by atoms with Crippen molar-refractivity contribution in [2.45, 2.75) is 52.1 Å². The van der Waals surface area contributed by atoms with Crippen molar-refractivity contribution < 1.29 is 4.74 Å². The Morgan fingerprint density at radius 2 is 2.05 bits per heavy atom. The van der Waals surface area contributed by atoms with Gasteiger partial charge in [0.05, 0.1) is 6.10 Å². The Hall–Kier alpha value is -1.36. The lowest BCUT2D eigenvalue weighted by molar-refractivity contribution is 0.107. The minimum Gasteiger partial charge on any atom is -0.378 e. The van der Waals surface area contributed by atoms with Gasteiger partial charge in [0.15, 0.2) is 0 Å². The van der Waals surface area contributed by atoms with Gasteiger partial charge in [0, 0.05) is 25.3 Å². The topological polar surface area (TPSA) is 59.1 Å². The largest absolute Gasteiger partial charge is 0.378 e. The third kappa shape index (κ3) is 3.82. The van der Waals surface area contributed by atoms with Crippen molar-refractivity contribution in [2.75, 3.05) is 30.3 Å². The van der Waals surface area contributed by atoms with E-state index in [-0.39, 0.29) is 0 Å². The molecule has 0 saturated carbocycles. The zero-order valence-electron chi connectivity index (χ0n) is 12.8. The molecule has 1 aliphatic rings. The lowest BCUT2D eigenvalue weighted by Gasteiger charge is -2.18. The standard InChI is InChI=1S/C15H26N4O/c1-4-16-14-13(11(2)3)15(19-10-18-14)17-8-7-12-6-5-9-20-12/h10-12H,4-9H2,1-3H3,(H2,16,17,18,19). The van der Waals surface area contributed by atoms with Crippen molar-refractivity contribution in [1.29, 1.82) is 0 Å². The van der Waals surface area contributed by atoms with Crippen LogP contribution in [0.4, 0.5) is 11.6 Å². The smallest absolute Gasteiger partial charge is 0.134 e. The highest BCUT2D eigenvalue weighted by Crippen LogP contribution is 2.28. The summed E-state index contributed by atoms with van der Waals surface area (Å²) in [6.45, 7) is 9.10. The Morgan fingerprint density at radius 1 is 1.30 bits per heavy atom. The van der Waals surface area contributed by atoms with E-state index < -0.39 is 0 Å². The molecule has 1 aromatic rings. The number of ether oxygens (including phenoxy) is 1. The summed E-state index contributed by atoms with van der Waals surface area (Å²) in [4.78, 5) is 8.75. The van der Waals surface area contributed by atoms with E-state index in [0.717, 1.165) is 37.8 Å². The van der Waals surface area contributed by atoms with Crippen LogP contribution >= 0.6 is 0 Å². The second kappa shape index (κ2) is 7.43. The summed E-state index contributed by atoms with van der Waals surface area (Å²) in [5, 5.41) is 6.76. The van der Waals surface area contributed by atoms with Gasteiger partial charge in [-0.15, -0.1) is 0 Å². The molecule has 5 nitrogen and oxygen atoms in total. The van der Waals surface area contributed by atoms with E-state index in [1.54, 1.807) is 6.33 Å². The van der Waals surface area contributed by atoms with Crippen LogP contribution in [0.15, 0.2) is 6.33 Å². The van der Waals surface area contributed by atoms with E-state index in [1.165, 1.54) is 18.4 Å². The van der Waals surface area contributed by atoms with Crippen LogP contribution in [0, 0.1) is 0 Å². The van der Waals surface area contributed by atoms with E-state index in [9.17, 15) is 0 Å². The second-order valence-electron chi connectivity index (χ2n) is 5.52. The fourth-order valence-electron chi connectivity index (χ4n) is 2.62. The van der Waals surface area contributed by atoms with Crippen molar-refractivity contribution in [3.8, 4) is 0 Å². The monoisotopic (exact) mass is 278 g/mol. The minimum absolute atomic E-state index is 0.385. The summed E-state index contributed by atoms with van der Waals surface area (Å²) >= 11 is 0. The van der Waals surface area contributed by atoms with Gasteiger partial charge >= 0.3 is 0 Å². The van der Waals surface area contributed by atoms with Crippen LogP contribution in [0.5, 0.6) is 0 Å². The molecular formula is C15H26N4O. The number of nitrogens with zero attached hydrogens (tertiary/aromatic N) is 2. The molecule has 2 N–H and O–H groups in total. The Morgan fingerprint density at radius 3 is 2.65 bits per heavy atom. The van der Waals surface area contributed by atoms with E-state index in [2.05, 4.69) is 41.4 Å². The number of nitrogens with one attached hydrogen (secondary N) is 2. The van der Waals surface area contributed by atoms with E-state index >= 15 is 0 Å². The predicted octanol–water partition coefficient (Wildman–Crippen LogP) is 3.01. The van der Waals surface area contributed by atoms with Gasteiger partial charge in [-0.25, -0.2) is 9.97 Å². The fourth-order valence-corrected chi connectivity index (χ4v) is 2.62. The first kappa shape index (κ1) is 15.0. The van der Waals surface area contributed by atoms with Crippen molar-refractivity contribution in [3.05, 3.63) is 11.9 Å². The summed E-state index contributed by atoms with van der Waals surface area (Å²) in [5.41, 5.74) is 1.17. The Balaban J connectivity index is 1.99. The fraction of sp³-hybridized carbons (Fsp3) is 0.733. The Labute approximate surface area is 121 Å². The van der Waals surface area contributed by atoms with Crippen molar-refractivity contribution in [3.63, 3.8) is 0 Å². The van der Waals surface area contributed by atoms with Crippen molar-refractivity contribution in [1.82, 2.24) is 9.97 Å². The molecule has 0 radical (unpaired) electrons. The van der Waals surface area contributed by atoms with Crippen LogP contribution in [0.3, 0.4) is 0 Å². The maximum atomic E-state index is 5.65. The number of anilines is 2. The average Bonchev–Trinajstić information content (AvgIpc) is 2.92. The summed E-state index contributed by atoms with van der Waals surface area (Å²) in [6, 6.07) is 0. The molecule has 1 aromatic heterocycles. The molecule has 0 spiro atoms. The Bertz CT molecular complexity index is 416. The van der Waals surface area contributed by atoms with Crippen molar-refractivity contribution >= 4 is 11.6 Å². The Kier molecular flexibility index (Phi) is 5.59. The number of hydrogen-bond donors (Lipinski definition) is 2. The van der Waals surface area contributed by atoms with Crippen LogP contribution in [0.25, 0.3) is 0 Å². The van der Waals surface area contributed by atoms with Gasteiger partial charge in [-0.2, -0.15) is 0 Å². The van der Waals surface area contributed by atoms with Crippen LogP contribution in [-0.2, 0) is 4.74 Å². The zero-order chi connectivity index (χ0) is 14.4. The first-order valence-corrected chi connectivity index (χ1v) is 7.66. The first-order valence-electron chi connectivity index (χ1n) is 7.66. The summed E-state index contributed by atoms with van der Waals surface area (Å²) in [6.07, 6.45) is 5.46. The van der Waals surface area contributed by atoms with Gasteiger partial charge in [-0.05, 0) is 32.1 Å². The SMILES string of the molecule is CCNc1ncnc(NCCC2CCCO2)c1C(C)C. The lowest BCUT2D eigenvalue weighted by Crippen LogP contribution is -2.15. The highest BCUT2D eigenvalue weighted by atomic mass is 16.5. The molecule has 0 bridgehead atoms. The van der Waals surface area contributed by atoms with Gasteiger partial charge in [0.1, 0.15) is 18.0 Å². The maximum Gasteiger partial charge on any atom is 0.134 e. The third-order valence-electron chi connectivity index (χ3n) is 3.59. The maximum absolute atomic E-state index is 5.65. The first-order chi connectivity index (χ1) is 9.72. The molecule has 0 amide bonds. The van der Waals surface area contributed by atoms with Gasteiger partial charge in [-0.1, -0.05) is 13.8 Å². The molecule has 0 aromatic carbocycles. The summed E-state index contributed by atoms with van der Waals surface area (Å²) < 4.78 is 5.65. The van der Waals surface area contributed by atoms with Gasteiger partial charge < -0.3 is 15.4 Å². The predicted molar refractivity (Wildman–Crippen MR) is 82.4 cm³/mol. The number of hydrogen-bond acceptors (Lipinski definition) is 5. The molecule has 1 atom stereocenters. The molecule has 1 fully saturated rings. The normalized spacial score (nSPS) is 18.5. The van der Waals surface area contributed by atoms with Crippen LogP contribution in [-0.4, -0.2) is 35.8 Å². The minimum atomic E-state index is 0.385. The van der Waals surface area contributed by atoms with E-state index in [4.69, 9.17) is 4.74 Å². The average molecular weight is 278 g/mol. The lowest BCUT2D eigenvalue weighted by atomic mass is 10.0. The highest BCUT2D eigenvalue weighted by Gasteiger charge is 2.17. The molecular weight excluding hydrogens is 252 g/mol. The highest BCUT2D eigenvalue weighted by molar-refractivity contribution is 5.58. The number of aromatic nitrogens is 2. The molecule has 20 heavy (non-hydrogen) atoms. The second-order valence-corrected chi connectivity index (χ2v) is 5.52. The molecule has 5 heteroatoms. The van der Waals surface area contributed by atoms with E-state index in [1.807, 2.05) is 0 Å². The van der Waals surface area contributed by atoms with E-state index in [0.29, 0.717) is 12.0 Å². The van der Waals surface area contributed by atoms with Crippen molar-refractivity contribution in [2.24, 2.45) is 0 Å². The summed E-state index contributed by atoms with van der Waals surface area (Å²) in [5.74, 6) is 2.27. The third-order valence-corrected chi connectivity index (χ3v) is 3.59. The van der Waals surface area contributed by atoms with Gasteiger partial charge in [0.2, 0.25) is 0 Å². The molecule has 112 valence electrons.